The van der Waals surface area contributed by atoms with Crippen molar-refractivity contribution in [2.45, 2.75) is 6.42 Å². The quantitative estimate of drug-likeness (QED) is 0.746. The molecule has 0 saturated carbocycles. The third kappa shape index (κ3) is 1.71. The van der Waals surface area contributed by atoms with E-state index >= 15 is 0 Å². The number of para-hydroxylation sites is 2. The highest BCUT2D eigenvalue weighted by Gasteiger charge is 2.08. The number of benzene rings is 1. The zero-order valence-electron chi connectivity index (χ0n) is 7.87. The third-order valence-electron chi connectivity index (χ3n) is 2.02. The van der Waals surface area contributed by atoms with Crippen molar-refractivity contribution in [1.29, 1.82) is 0 Å². The molecule has 0 amide bonds. The number of carbonyl (C=O) groups is 1. The minimum atomic E-state index is 0.107. The fourth-order valence-electron chi connectivity index (χ4n) is 1.33. The average Bonchev–Trinajstić information content (AvgIpc) is 2.67. The number of phenolic OH excluding ortho intramolecular Hbond substituents is 1. The Bertz CT molecular complexity index is 479. The highest BCUT2D eigenvalue weighted by Crippen LogP contribution is 2.20. The number of rotatable bonds is 3. The van der Waals surface area contributed by atoms with Crippen LogP contribution in [0.2, 0.25) is 0 Å². The van der Waals surface area contributed by atoms with Crippen LogP contribution in [0.3, 0.4) is 0 Å². The Morgan fingerprint density at radius 1 is 1.40 bits per heavy atom. The number of hydrogen-bond donors (Lipinski definition) is 1. The summed E-state index contributed by atoms with van der Waals surface area (Å²) in [6.45, 7) is 0. The predicted molar refractivity (Wildman–Crippen MR) is 52.8 cm³/mol. The van der Waals surface area contributed by atoms with Gasteiger partial charge in [0.1, 0.15) is 17.7 Å². The average molecular weight is 203 g/mol. The number of aromatic nitrogens is 3. The molecule has 1 aromatic carbocycles. The van der Waals surface area contributed by atoms with Gasteiger partial charge in [0.25, 0.3) is 0 Å². The van der Waals surface area contributed by atoms with Crippen LogP contribution in [0.1, 0.15) is 5.69 Å². The third-order valence-corrected chi connectivity index (χ3v) is 2.02. The highest BCUT2D eigenvalue weighted by molar-refractivity contribution is 5.55. The van der Waals surface area contributed by atoms with Crippen molar-refractivity contribution >= 4 is 6.29 Å². The second kappa shape index (κ2) is 3.91. The number of aromatic hydroxyl groups is 1. The summed E-state index contributed by atoms with van der Waals surface area (Å²) in [4.78, 5) is 10.4. The summed E-state index contributed by atoms with van der Waals surface area (Å²) in [7, 11) is 0. The first-order valence-corrected chi connectivity index (χ1v) is 4.44. The molecule has 15 heavy (non-hydrogen) atoms. The monoisotopic (exact) mass is 203 g/mol. The van der Waals surface area contributed by atoms with Gasteiger partial charge in [-0.15, -0.1) is 5.10 Å². The smallest absolute Gasteiger partial charge is 0.141 e. The Balaban J connectivity index is 2.49. The number of phenols is 1. The molecular formula is C10H9N3O2. The van der Waals surface area contributed by atoms with E-state index in [0.29, 0.717) is 11.4 Å². The lowest BCUT2D eigenvalue weighted by Gasteiger charge is -2.05. The molecule has 76 valence electrons. The maximum absolute atomic E-state index is 10.4. The fourth-order valence-corrected chi connectivity index (χ4v) is 1.33. The van der Waals surface area contributed by atoms with Gasteiger partial charge in [0.05, 0.1) is 11.9 Å². The van der Waals surface area contributed by atoms with E-state index in [0.717, 1.165) is 6.29 Å². The minimum absolute atomic E-state index is 0.107. The first-order chi connectivity index (χ1) is 7.33. The molecule has 0 spiro atoms. The Kier molecular flexibility index (Phi) is 2.45. The van der Waals surface area contributed by atoms with Crippen LogP contribution in [0.5, 0.6) is 5.75 Å². The number of nitrogens with zero attached hydrogens (tertiary/aromatic N) is 3. The molecule has 2 rings (SSSR count). The zero-order chi connectivity index (χ0) is 10.7. The molecule has 1 heterocycles. The van der Waals surface area contributed by atoms with E-state index in [-0.39, 0.29) is 12.2 Å². The van der Waals surface area contributed by atoms with Crippen LogP contribution in [-0.2, 0) is 11.2 Å². The molecule has 0 aliphatic carbocycles. The summed E-state index contributed by atoms with van der Waals surface area (Å²) >= 11 is 0. The highest BCUT2D eigenvalue weighted by atomic mass is 16.3. The summed E-state index contributed by atoms with van der Waals surface area (Å²) in [6.07, 6.45) is 2.50. The lowest BCUT2D eigenvalue weighted by Crippen LogP contribution is -2.03. The second-order valence-electron chi connectivity index (χ2n) is 3.00. The van der Waals surface area contributed by atoms with Crippen molar-refractivity contribution in [1.82, 2.24) is 15.0 Å². The van der Waals surface area contributed by atoms with Gasteiger partial charge < -0.3 is 9.90 Å². The molecule has 5 heteroatoms. The van der Waals surface area contributed by atoms with Crippen LogP contribution in [0.15, 0.2) is 30.5 Å². The molecule has 0 radical (unpaired) electrons. The van der Waals surface area contributed by atoms with Gasteiger partial charge in [0.2, 0.25) is 0 Å². The van der Waals surface area contributed by atoms with Crippen molar-refractivity contribution in [2.24, 2.45) is 0 Å². The molecule has 1 N–H and O–H groups in total. The normalized spacial score (nSPS) is 10.1. The molecule has 0 atom stereocenters. The molecule has 0 aliphatic heterocycles. The van der Waals surface area contributed by atoms with Crippen LogP contribution in [0.4, 0.5) is 0 Å². The first kappa shape index (κ1) is 9.39. The van der Waals surface area contributed by atoms with Crippen molar-refractivity contribution < 1.29 is 9.90 Å². The molecule has 2 aromatic rings. The lowest BCUT2D eigenvalue weighted by molar-refractivity contribution is -0.107. The van der Waals surface area contributed by atoms with Gasteiger partial charge >= 0.3 is 0 Å². The van der Waals surface area contributed by atoms with Crippen LogP contribution in [-0.4, -0.2) is 26.4 Å². The van der Waals surface area contributed by atoms with Gasteiger partial charge in [0, 0.05) is 6.42 Å². The topological polar surface area (TPSA) is 68.0 Å². The molecule has 1 aromatic heterocycles. The molecular weight excluding hydrogens is 194 g/mol. The van der Waals surface area contributed by atoms with E-state index in [1.807, 2.05) is 0 Å². The van der Waals surface area contributed by atoms with E-state index in [1.54, 1.807) is 24.3 Å². The van der Waals surface area contributed by atoms with Crippen molar-refractivity contribution in [3.05, 3.63) is 36.2 Å². The van der Waals surface area contributed by atoms with E-state index < -0.39 is 0 Å². The van der Waals surface area contributed by atoms with E-state index in [4.69, 9.17) is 0 Å². The molecule has 0 aliphatic rings. The second-order valence-corrected chi connectivity index (χ2v) is 3.00. The number of carbonyl (C=O) groups excluding carboxylic acids is 1. The van der Waals surface area contributed by atoms with Crippen molar-refractivity contribution in [2.75, 3.05) is 0 Å². The molecule has 5 nitrogen and oxygen atoms in total. The number of aldehydes is 1. The molecule has 0 fully saturated rings. The maximum atomic E-state index is 10.4. The summed E-state index contributed by atoms with van der Waals surface area (Å²) in [5.74, 6) is 0.107. The van der Waals surface area contributed by atoms with Crippen LogP contribution in [0.25, 0.3) is 5.69 Å². The van der Waals surface area contributed by atoms with Gasteiger partial charge in [0.15, 0.2) is 0 Å². The van der Waals surface area contributed by atoms with Crippen molar-refractivity contribution in [3.63, 3.8) is 0 Å². The van der Waals surface area contributed by atoms with E-state index in [1.165, 1.54) is 10.9 Å². The Labute approximate surface area is 86.0 Å². The maximum Gasteiger partial charge on any atom is 0.141 e. The first-order valence-electron chi connectivity index (χ1n) is 4.44. The lowest BCUT2D eigenvalue weighted by atomic mass is 10.2. The van der Waals surface area contributed by atoms with E-state index in [9.17, 15) is 9.90 Å². The Morgan fingerprint density at radius 2 is 2.20 bits per heavy atom. The van der Waals surface area contributed by atoms with Gasteiger partial charge in [-0.05, 0) is 12.1 Å². The van der Waals surface area contributed by atoms with E-state index in [2.05, 4.69) is 10.3 Å². The van der Waals surface area contributed by atoms with Gasteiger partial charge in [-0.3, -0.25) is 0 Å². The number of hydrogen-bond acceptors (Lipinski definition) is 4. The van der Waals surface area contributed by atoms with Crippen LogP contribution in [0, 0.1) is 0 Å². The predicted octanol–water partition coefficient (Wildman–Crippen LogP) is 0.714. The fraction of sp³-hybridized carbons (Fsp3) is 0.100. The van der Waals surface area contributed by atoms with Gasteiger partial charge in [-0.2, -0.15) is 0 Å². The summed E-state index contributed by atoms with van der Waals surface area (Å²) in [5.41, 5.74) is 1.17. The summed E-state index contributed by atoms with van der Waals surface area (Å²) in [5, 5.41) is 17.1. The van der Waals surface area contributed by atoms with Crippen LogP contribution < -0.4 is 0 Å². The zero-order valence-corrected chi connectivity index (χ0v) is 7.87. The summed E-state index contributed by atoms with van der Waals surface area (Å²) < 4.78 is 1.45. The minimum Gasteiger partial charge on any atom is -0.506 e. The SMILES string of the molecule is O=CCc1cnnn1-c1ccccc1O. The Hall–Kier alpha value is -2.17. The van der Waals surface area contributed by atoms with Gasteiger partial charge in [-0.25, -0.2) is 4.68 Å². The largest absolute Gasteiger partial charge is 0.506 e. The standard InChI is InChI=1S/C10H9N3O2/c14-6-5-8-7-11-12-13(8)9-3-1-2-4-10(9)15/h1-4,6-7,15H,5H2. The van der Waals surface area contributed by atoms with Crippen molar-refractivity contribution in [3.8, 4) is 11.4 Å². The molecule has 0 bridgehead atoms. The molecule has 0 unspecified atom stereocenters. The van der Waals surface area contributed by atoms with Crippen LogP contribution >= 0.6 is 0 Å². The van der Waals surface area contributed by atoms with Gasteiger partial charge in [-0.1, -0.05) is 17.3 Å². The summed E-state index contributed by atoms with van der Waals surface area (Å²) in [6, 6.07) is 6.76. The Morgan fingerprint density at radius 3 is 2.93 bits per heavy atom. The molecule has 0 saturated heterocycles.